The fourth-order valence-corrected chi connectivity index (χ4v) is 14.9. The fraction of sp³-hybridized carbons (Fsp3) is 0.630. The molecule has 152 valence electrons. The van der Waals surface area contributed by atoms with Gasteiger partial charge in [-0.25, -0.2) is 0 Å². The lowest BCUT2D eigenvalue weighted by atomic mass is 9.80. The maximum atomic E-state index is 2.76. The molecule has 0 aromatic heterocycles. The molecule has 0 amide bonds. The van der Waals surface area contributed by atoms with Gasteiger partial charge in [-0.3, -0.25) is 0 Å². The second-order valence-corrected chi connectivity index (χ2v) is 16.1. The molecule has 0 saturated heterocycles. The zero-order valence-electron chi connectivity index (χ0n) is 18.8. The van der Waals surface area contributed by atoms with Crippen LogP contribution in [0.1, 0.15) is 52.0 Å². The van der Waals surface area contributed by atoms with Crippen LogP contribution in [0.5, 0.6) is 0 Å². The molecule has 0 N–H and O–H groups in total. The highest BCUT2D eigenvalue weighted by atomic mass is 28.3. The molecule has 28 heavy (non-hydrogen) atoms. The van der Waals surface area contributed by atoms with E-state index in [1.807, 2.05) is 0 Å². The molecule has 3 aliphatic carbocycles. The second kappa shape index (κ2) is 7.63. The van der Waals surface area contributed by atoms with Crippen molar-refractivity contribution in [2.45, 2.75) is 70.6 Å². The highest BCUT2D eigenvalue weighted by Crippen LogP contribution is 2.62. The molecule has 0 nitrogen and oxygen atoms in total. The Morgan fingerprint density at radius 3 is 2.04 bits per heavy atom. The van der Waals surface area contributed by atoms with Crippen molar-refractivity contribution in [3.63, 3.8) is 0 Å². The third kappa shape index (κ3) is 3.28. The van der Waals surface area contributed by atoms with Crippen molar-refractivity contribution < 1.29 is 0 Å². The summed E-state index contributed by atoms with van der Waals surface area (Å²) >= 11 is 0. The average Bonchev–Trinajstić information content (AvgIpc) is 3.02. The van der Waals surface area contributed by atoms with Crippen LogP contribution in [0, 0.1) is 35.5 Å². The molecule has 0 aliphatic heterocycles. The monoisotopic (exact) mass is 392 g/mol. The van der Waals surface area contributed by atoms with Gasteiger partial charge < -0.3 is 0 Å². The van der Waals surface area contributed by atoms with E-state index in [0.29, 0.717) is 5.92 Å². The van der Waals surface area contributed by atoms with Gasteiger partial charge in [0.1, 0.15) is 0 Å². The van der Waals surface area contributed by atoms with Crippen LogP contribution in [0.15, 0.2) is 54.6 Å². The lowest BCUT2D eigenvalue weighted by molar-refractivity contribution is 0.408. The van der Waals surface area contributed by atoms with Gasteiger partial charge in [0, 0.05) is 5.92 Å². The van der Waals surface area contributed by atoms with E-state index in [1.54, 1.807) is 0 Å². The summed E-state index contributed by atoms with van der Waals surface area (Å²) in [5, 5.41) is 0. The molecule has 3 aliphatic rings. The van der Waals surface area contributed by atoms with Crippen LogP contribution in [0.4, 0.5) is 0 Å². The predicted molar refractivity (Wildman–Crippen MR) is 125 cm³/mol. The average molecular weight is 393 g/mol. The molecule has 2 fully saturated rings. The summed E-state index contributed by atoms with van der Waals surface area (Å²) in [6, 6.07) is 11.3. The van der Waals surface area contributed by atoms with Gasteiger partial charge in [0.2, 0.25) is 0 Å². The van der Waals surface area contributed by atoms with Crippen LogP contribution in [0.25, 0.3) is 0 Å². The Labute approximate surface area is 174 Å². The van der Waals surface area contributed by atoms with E-state index < -0.39 is 8.07 Å². The van der Waals surface area contributed by atoms with Crippen LogP contribution < -0.4 is 0 Å². The zero-order valence-corrected chi connectivity index (χ0v) is 19.8. The van der Waals surface area contributed by atoms with E-state index in [-0.39, 0.29) is 0 Å². The topological polar surface area (TPSA) is 0 Å². The van der Waals surface area contributed by atoms with Crippen molar-refractivity contribution in [1.82, 2.24) is 0 Å². The third-order valence-corrected chi connectivity index (χ3v) is 14.6. The summed E-state index contributed by atoms with van der Waals surface area (Å²) < 4.78 is 0. The van der Waals surface area contributed by atoms with E-state index in [0.717, 1.165) is 46.6 Å². The van der Waals surface area contributed by atoms with Crippen molar-refractivity contribution in [2.75, 3.05) is 0 Å². The van der Waals surface area contributed by atoms with Crippen LogP contribution in [-0.4, -0.2) is 8.07 Å². The molecular weight excluding hydrogens is 352 g/mol. The molecular formula is C27H40Si. The zero-order chi connectivity index (χ0) is 20.1. The minimum absolute atomic E-state index is 0.579. The standard InChI is InChI=1S/C27H40Si/c1-18-16-19(2)26(21(18)4)28(5,6)27-20(3)17-25-23(14-10-11-15-24(25)27)22-12-8-7-9-13-22/h7-15,18-21,23-27H,16-17H2,1-6H3. The predicted octanol–water partition coefficient (Wildman–Crippen LogP) is 7.93. The number of hydrogen-bond donors (Lipinski definition) is 0. The number of allylic oxidation sites excluding steroid dienone is 4. The van der Waals surface area contributed by atoms with E-state index in [1.165, 1.54) is 18.4 Å². The molecule has 4 rings (SSSR count). The van der Waals surface area contributed by atoms with Gasteiger partial charge in [0.15, 0.2) is 0 Å². The first kappa shape index (κ1) is 20.2. The van der Waals surface area contributed by atoms with E-state index in [4.69, 9.17) is 0 Å². The minimum atomic E-state index is -1.41. The Bertz CT molecular complexity index is 730. The molecule has 0 bridgehead atoms. The van der Waals surface area contributed by atoms with Crippen molar-refractivity contribution in [3.8, 4) is 0 Å². The molecule has 9 unspecified atom stereocenters. The molecule has 1 aromatic carbocycles. The molecule has 0 spiro atoms. The minimum Gasteiger partial charge on any atom is -0.0811 e. The smallest absolute Gasteiger partial charge is 0.0549 e. The van der Waals surface area contributed by atoms with Crippen LogP contribution in [0.2, 0.25) is 24.2 Å². The maximum absolute atomic E-state index is 2.76. The SMILES string of the molecule is CC1CC(C)C([Si](C)(C)C2C(C)CC3C(c4ccccc4)C=CC=CC32)C1C. The van der Waals surface area contributed by atoms with Crippen molar-refractivity contribution in [1.29, 1.82) is 0 Å². The van der Waals surface area contributed by atoms with E-state index in [9.17, 15) is 0 Å². The van der Waals surface area contributed by atoms with Gasteiger partial charge >= 0.3 is 0 Å². The van der Waals surface area contributed by atoms with Crippen LogP contribution in [0.3, 0.4) is 0 Å². The summed E-state index contributed by atoms with van der Waals surface area (Å²) in [6.07, 6.45) is 12.6. The van der Waals surface area contributed by atoms with E-state index in [2.05, 4.69) is 95.4 Å². The Kier molecular flexibility index (Phi) is 5.51. The van der Waals surface area contributed by atoms with Gasteiger partial charge in [0.05, 0.1) is 8.07 Å². The fourth-order valence-electron chi connectivity index (χ4n) is 8.26. The quantitative estimate of drug-likeness (QED) is 0.458. The molecule has 1 heteroatoms. The number of fused-ring (bicyclic) bond motifs is 1. The highest BCUT2D eigenvalue weighted by Gasteiger charge is 2.56. The molecule has 2 saturated carbocycles. The van der Waals surface area contributed by atoms with Crippen LogP contribution >= 0.6 is 0 Å². The second-order valence-electron chi connectivity index (χ2n) is 11.1. The maximum Gasteiger partial charge on any atom is 0.0549 e. The first-order chi connectivity index (χ1) is 13.3. The third-order valence-electron chi connectivity index (χ3n) is 9.11. The molecule has 0 heterocycles. The van der Waals surface area contributed by atoms with Gasteiger partial charge in [-0.15, -0.1) is 0 Å². The summed E-state index contributed by atoms with van der Waals surface area (Å²) in [6.45, 7) is 15.7. The normalized spacial score (nSPS) is 43.1. The lowest BCUT2D eigenvalue weighted by Gasteiger charge is -2.45. The summed E-state index contributed by atoms with van der Waals surface area (Å²) in [5.74, 6) is 5.69. The lowest BCUT2D eigenvalue weighted by Crippen LogP contribution is -2.45. The van der Waals surface area contributed by atoms with Gasteiger partial charge in [-0.1, -0.05) is 95.4 Å². The molecule has 9 atom stereocenters. The Morgan fingerprint density at radius 2 is 1.39 bits per heavy atom. The Morgan fingerprint density at radius 1 is 0.750 bits per heavy atom. The Hall–Kier alpha value is -1.08. The summed E-state index contributed by atoms with van der Waals surface area (Å²) in [7, 11) is -1.41. The molecule has 1 aromatic rings. The number of hydrogen-bond acceptors (Lipinski definition) is 0. The van der Waals surface area contributed by atoms with Crippen molar-refractivity contribution in [3.05, 3.63) is 60.2 Å². The van der Waals surface area contributed by atoms with Gasteiger partial charge in [-0.05, 0) is 65.0 Å². The first-order valence-corrected chi connectivity index (χ1v) is 14.9. The Balaban J connectivity index is 1.68. The number of benzene rings is 1. The van der Waals surface area contributed by atoms with Gasteiger partial charge in [-0.2, -0.15) is 0 Å². The number of rotatable bonds is 3. The first-order valence-electron chi connectivity index (χ1n) is 11.7. The summed E-state index contributed by atoms with van der Waals surface area (Å²) in [5.41, 5.74) is 3.41. The van der Waals surface area contributed by atoms with Crippen molar-refractivity contribution >= 4 is 8.07 Å². The largest absolute Gasteiger partial charge is 0.0811 e. The van der Waals surface area contributed by atoms with E-state index >= 15 is 0 Å². The van der Waals surface area contributed by atoms with Crippen molar-refractivity contribution in [2.24, 2.45) is 35.5 Å². The molecule has 0 radical (unpaired) electrons. The summed E-state index contributed by atoms with van der Waals surface area (Å²) in [4.78, 5) is 0. The van der Waals surface area contributed by atoms with Crippen LogP contribution in [-0.2, 0) is 0 Å². The highest BCUT2D eigenvalue weighted by molar-refractivity contribution is 6.80. The van der Waals surface area contributed by atoms with Gasteiger partial charge in [0.25, 0.3) is 0 Å².